The van der Waals surface area contributed by atoms with Crippen molar-refractivity contribution < 1.29 is 17.9 Å². The summed E-state index contributed by atoms with van der Waals surface area (Å²) >= 11 is 0. The van der Waals surface area contributed by atoms with E-state index in [1.54, 1.807) is 19.2 Å². The molecule has 150 valence electrons. The molecule has 1 unspecified atom stereocenters. The van der Waals surface area contributed by atoms with Crippen molar-refractivity contribution in [3.05, 3.63) is 59.7 Å². The molecule has 0 radical (unpaired) electrons. The topological polar surface area (TPSA) is 75.7 Å². The van der Waals surface area contributed by atoms with Gasteiger partial charge in [0.05, 0.1) is 23.2 Å². The first kappa shape index (κ1) is 20.4. The summed E-state index contributed by atoms with van der Waals surface area (Å²) in [5.41, 5.74) is 2.43. The molecule has 2 aromatic carbocycles. The molecule has 1 aliphatic rings. The minimum atomic E-state index is -3.60. The molecule has 6 nitrogen and oxygen atoms in total. The highest BCUT2D eigenvalue weighted by Gasteiger charge is 2.34. The largest absolute Gasteiger partial charge is 0.468 e. The molecule has 0 saturated heterocycles. The Morgan fingerprint density at radius 1 is 1.00 bits per heavy atom. The predicted octanol–water partition coefficient (Wildman–Crippen LogP) is 3.24. The Kier molecular flexibility index (Phi) is 6.70. The Bertz CT molecular complexity index is 914. The van der Waals surface area contributed by atoms with E-state index in [0.717, 1.165) is 43.4 Å². The van der Waals surface area contributed by atoms with Crippen molar-refractivity contribution in [1.29, 1.82) is 0 Å². The Morgan fingerprint density at radius 3 is 2.46 bits per heavy atom. The van der Waals surface area contributed by atoms with Gasteiger partial charge in [0.1, 0.15) is 0 Å². The molecule has 3 rings (SSSR count). The molecule has 0 bridgehead atoms. The lowest BCUT2D eigenvalue weighted by Gasteiger charge is -2.22. The molecule has 0 fully saturated rings. The van der Waals surface area contributed by atoms with Crippen LogP contribution in [0.4, 0.5) is 5.69 Å². The molecule has 1 N–H and O–H groups in total. The molecule has 0 spiro atoms. The van der Waals surface area contributed by atoms with Crippen LogP contribution in [-0.4, -0.2) is 35.1 Å². The summed E-state index contributed by atoms with van der Waals surface area (Å²) in [7, 11) is -1.99. The third-order valence-electron chi connectivity index (χ3n) is 5.06. The quantitative estimate of drug-likeness (QED) is 0.515. The van der Waals surface area contributed by atoms with Crippen LogP contribution in [0.5, 0.6) is 0 Å². The van der Waals surface area contributed by atoms with Crippen LogP contribution in [0.2, 0.25) is 0 Å². The van der Waals surface area contributed by atoms with Crippen molar-refractivity contribution >= 4 is 22.2 Å². The van der Waals surface area contributed by atoms with Crippen molar-refractivity contribution in [2.75, 3.05) is 24.5 Å². The molecule has 0 saturated carbocycles. The lowest BCUT2D eigenvalue weighted by molar-refractivity contribution is -0.128. The van der Waals surface area contributed by atoms with E-state index in [1.807, 2.05) is 36.4 Å². The van der Waals surface area contributed by atoms with Gasteiger partial charge in [0.25, 0.3) is 16.5 Å². The van der Waals surface area contributed by atoms with Gasteiger partial charge >= 0.3 is 0 Å². The van der Waals surface area contributed by atoms with E-state index in [2.05, 4.69) is 5.32 Å². The summed E-state index contributed by atoms with van der Waals surface area (Å²) in [6.07, 6.45) is 3.83. The average Bonchev–Trinajstić information content (AvgIpc) is 2.78. The van der Waals surface area contributed by atoms with Gasteiger partial charge in [-0.15, -0.1) is 0 Å². The number of para-hydroxylation sites is 1. The van der Waals surface area contributed by atoms with Gasteiger partial charge in [0, 0.05) is 7.05 Å². The van der Waals surface area contributed by atoms with E-state index >= 15 is 0 Å². The van der Waals surface area contributed by atoms with Crippen molar-refractivity contribution in [3.63, 3.8) is 0 Å². The van der Waals surface area contributed by atoms with Gasteiger partial charge in [-0.05, 0) is 42.6 Å². The van der Waals surface area contributed by atoms with Crippen molar-refractivity contribution in [3.8, 4) is 0 Å². The molecule has 1 atom stereocenters. The summed E-state index contributed by atoms with van der Waals surface area (Å²) in [6, 6.07) is 14.6. The van der Waals surface area contributed by atoms with Crippen molar-refractivity contribution in [2.45, 2.75) is 36.6 Å². The summed E-state index contributed by atoms with van der Waals surface area (Å²) in [6.45, 7) is 1.71. The Labute approximate surface area is 166 Å². The number of rotatable bonds is 9. The highest BCUT2D eigenvalue weighted by atomic mass is 32.2. The number of nitrogens with zero attached hydrogens (tertiary/aromatic N) is 1. The van der Waals surface area contributed by atoms with Gasteiger partial charge in [-0.2, -0.15) is 0 Å². The Hall–Kier alpha value is -2.38. The fourth-order valence-electron chi connectivity index (χ4n) is 3.60. The fraction of sp³-hybridized carbons (Fsp3) is 0.381. The van der Waals surface area contributed by atoms with Crippen LogP contribution in [0.1, 0.15) is 42.9 Å². The first-order valence-corrected chi connectivity index (χ1v) is 11.0. The van der Waals surface area contributed by atoms with Crippen molar-refractivity contribution in [1.82, 2.24) is 5.32 Å². The smallest absolute Gasteiger partial charge is 0.293 e. The van der Waals surface area contributed by atoms with E-state index < -0.39 is 10.0 Å². The van der Waals surface area contributed by atoms with Crippen LogP contribution in [0.25, 0.3) is 0 Å². The number of sulfonamides is 1. The van der Waals surface area contributed by atoms with Gasteiger partial charge in [-0.1, -0.05) is 49.2 Å². The van der Waals surface area contributed by atoms with Crippen LogP contribution in [0.15, 0.2) is 53.4 Å². The maximum Gasteiger partial charge on any atom is 0.293 e. The van der Waals surface area contributed by atoms with Crippen LogP contribution >= 0.6 is 0 Å². The summed E-state index contributed by atoms with van der Waals surface area (Å²) < 4.78 is 32.3. The van der Waals surface area contributed by atoms with Crippen molar-refractivity contribution in [2.24, 2.45) is 0 Å². The van der Waals surface area contributed by atoms with E-state index in [4.69, 9.17) is 4.74 Å². The summed E-state index contributed by atoms with van der Waals surface area (Å²) in [4.78, 5) is 10.5. The predicted molar refractivity (Wildman–Crippen MR) is 109 cm³/mol. The molecule has 2 aromatic rings. The first-order valence-electron chi connectivity index (χ1n) is 9.53. The van der Waals surface area contributed by atoms with Crippen LogP contribution < -0.4 is 9.62 Å². The van der Waals surface area contributed by atoms with E-state index in [1.165, 1.54) is 4.31 Å². The number of ether oxygens (including phenoxy) is 1. The lowest BCUT2D eigenvalue weighted by Crippen LogP contribution is -2.26. The van der Waals surface area contributed by atoms with E-state index in [9.17, 15) is 13.2 Å². The lowest BCUT2D eigenvalue weighted by atomic mass is 9.96. The van der Waals surface area contributed by atoms with Gasteiger partial charge in [0.2, 0.25) is 0 Å². The number of fused-ring (bicyclic) bond motifs is 2. The number of hydrogen-bond acceptors (Lipinski definition) is 5. The second kappa shape index (κ2) is 9.21. The molecular formula is C21H26N2O4S. The number of carbonyl (C=O) groups excluding carboxylic acids is 1. The van der Waals surface area contributed by atoms with Gasteiger partial charge < -0.3 is 10.1 Å². The molecule has 7 heteroatoms. The third kappa shape index (κ3) is 4.20. The maximum atomic E-state index is 13.1. The number of unbranched alkanes of at least 4 members (excludes halogenated alkanes) is 3. The monoisotopic (exact) mass is 402 g/mol. The van der Waals surface area contributed by atoms with Crippen LogP contribution in [-0.2, 0) is 19.6 Å². The first-order chi connectivity index (χ1) is 13.6. The molecule has 1 aliphatic heterocycles. The summed E-state index contributed by atoms with van der Waals surface area (Å²) in [5.74, 6) is 0. The SMILES string of the molecule is CN1c2ccccc2C(NCCCCCCOC=O)c2ccccc2S1(=O)=O. The summed E-state index contributed by atoms with van der Waals surface area (Å²) in [5, 5.41) is 3.56. The normalized spacial score (nSPS) is 17.3. The zero-order chi connectivity index (χ0) is 20.0. The second-order valence-corrected chi connectivity index (χ2v) is 8.78. The molecule has 0 aromatic heterocycles. The van der Waals surface area contributed by atoms with Crippen LogP contribution in [0, 0.1) is 0 Å². The van der Waals surface area contributed by atoms with Gasteiger partial charge in [-0.25, -0.2) is 8.42 Å². The second-order valence-electron chi connectivity index (χ2n) is 6.84. The zero-order valence-electron chi connectivity index (χ0n) is 16.0. The fourth-order valence-corrected chi connectivity index (χ4v) is 5.05. The van der Waals surface area contributed by atoms with Crippen LogP contribution in [0.3, 0.4) is 0 Å². The number of nitrogens with one attached hydrogen (secondary N) is 1. The third-order valence-corrected chi connectivity index (χ3v) is 6.91. The molecule has 1 heterocycles. The van der Waals surface area contributed by atoms with Gasteiger partial charge in [-0.3, -0.25) is 9.10 Å². The minimum absolute atomic E-state index is 0.189. The maximum absolute atomic E-state index is 13.1. The molecular weight excluding hydrogens is 376 g/mol. The average molecular weight is 403 g/mol. The van der Waals surface area contributed by atoms with E-state index in [-0.39, 0.29) is 6.04 Å². The molecule has 0 aliphatic carbocycles. The number of carbonyl (C=O) groups is 1. The molecule has 0 amide bonds. The highest BCUT2D eigenvalue weighted by molar-refractivity contribution is 7.92. The minimum Gasteiger partial charge on any atom is -0.468 e. The van der Waals surface area contributed by atoms with Gasteiger partial charge in [0.15, 0.2) is 0 Å². The Morgan fingerprint density at radius 2 is 1.68 bits per heavy atom. The number of anilines is 1. The molecule has 28 heavy (non-hydrogen) atoms. The number of benzene rings is 2. The zero-order valence-corrected chi connectivity index (χ0v) is 16.8. The standard InChI is InChI=1S/C21H26N2O4S/c1-23-19-12-6-4-10-17(19)21(22-14-8-2-3-9-15-27-16-24)18-11-5-7-13-20(18)28(23,25)26/h4-7,10-13,16,21-22H,2-3,8-9,14-15H2,1H3. The van der Waals surface area contributed by atoms with E-state index in [0.29, 0.717) is 23.7 Å². The number of hydrogen-bond donors (Lipinski definition) is 1. The Balaban J connectivity index is 1.79. The highest BCUT2D eigenvalue weighted by Crippen LogP contribution is 2.39.